The maximum absolute atomic E-state index is 13.1. The lowest BCUT2D eigenvalue weighted by Gasteiger charge is -2.44. The van der Waals surface area contributed by atoms with Crippen LogP contribution in [0.1, 0.15) is 34.2 Å². The van der Waals surface area contributed by atoms with E-state index in [2.05, 4.69) is 4.98 Å². The molecule has 8 heteroatoms. The van der Waals surface area contributed by atoms with Crippen molar-refractivity contribution in [2.24, 2.45) is 0 Å². The van der Waals surface area contributed by atoms with Gasteiger partial charge in [-0.1, -0.05) is 6.07 Å². The third-order valence-corrected chi connectivity index (χ3v) is 7.12. The molecule has 0 spiro atoms. The third-order valence-electron chi connectivity index (χ3n) is 5.27. The van der Waals surface area contributed by atoms with Gasteiger partial charge in [-0.25, -0.2) is 8.42 Å². The highest BCUT2D eigenvalue weighted by molar-refractivity contribution is 7.89. The molecule has 3 heterocycles. The molecule has 1 amide bonds. The Bertz CT molecular complexity index is 1110. The number of benzene rings is 1. The van der Waals surface area contributed by atoms with Gasteiger partial charge in [0.05, 0.1) is 33.3 Å². The molecule has 2 aliphatic rings. The number of rotatable bonds is 2. The van der Waals surface area contributed by atoms with E-state index in [0.717, 1.165) is 5.69 Å². The lowest BCUT2D eigenvalue weighted by molar-refractivity contribution is 0.0365. The van der Waals surface area contributed by atoms with Gasteiger partial charge in [0.2, 0.25) is 10.0 Å². The predicted octanol–water partition coefficient (Wildman–Crippen LogP) is 1.64. The zero-order valence-electron chi connectivity index (χ0n) is 15.0. The number of fused-ring (bicyclic) bond motifs is 3. The van der Waals surface area contributed by atoms with E-state index in [1.54, 1.807) is 29.2 Å². The minimum absolute atomic E-state index is 0.0837. The van der Waals surface area contributed by atoms with Gasteiger partial charge >= 0.3 is 0 Å². The third kappa shape index (κ3) is 2.54. The van der Waals surface area contributed by atoms with E-state index in [9.17, 15) is 13.2 Å². The smallest absolute Gasteiger partial charge is 0.256 e. The van der Waals surface area contributed by atoms with Gasteiger partial charge in [0, 0.05) is 25.3 Å². The minimum Gasteiger partial charge on any atom is -0.325 e. The highest BCUT2D eigenvalue weighted by atomic mass is 32.2. The van der Waals surface area contributed by atoms with Gasteiger partial charge < -0.3 is 4.90 Å². The molecule has 0 N–H and O–H groups in total. The van der Waals surface area contributed by atoms with Crippen molar-refractivity contribution in [1.82, 2.24) is 14.2 Å². The molecule has 138 valence electrons. The summed E-state index contributed by atoms with van der Waals surface area (Å²) in [6.45, 7) is 4.33. The molecule has 1 unspecified atom stereocenters. The largest absolute Gasteiger partial charge is 0.325 e. The first-order chi connectivity index (χ1) is 12.8. The summed E-state index contributed by atoms with van der Waals surface area (Å²) in [5, 5.41) is 9.06. The van der Waals surface area contributed by atoms with Crippen LogP contribution in [-0.2, 0) is 15.6 Å². The molecule has 1 aromatic heterocycles. The van der Waals surface area contributed by atoms with Gasteiger partial charge in [-0.2, -0.15) is 9.57 Å². The number of hydrogen-bond acceptors (Lipinski definition) is 5. The average molecular weight is 382 g/mol. The number of amides is 1. The van der Waals surface area contributed by atoms with Crippen LogP contribution in [-0.4, -0.2) is 48.1 Å². The second-order valence-electron chi connectivity index (χ2n) is 7.06. The Morgan fingerprint density at radius 3 is 2.74 bits per heavy atom. The summed E-state index contributed by atoms with van der Waals surface area (Å²) in [7, 11) is -3.79. The van der Waals surface area contributed by atoms with E-state index < -0.39 is 15.6 Å². The van der Waals surface area contributed by atoms with Crippen LogP contribution in [0.5, 0.6) is 0 Å². The Morgan fingerprint density at radius 2 is 2.00 bits per heavy atom. The Labute approximate surface area is 157 Å². The molecule has 0 saturated carbocycles. The van der Waals surface area contributed by atoms with Crippen molar-refractivity contribution in [3.05, 3.63) is 58.9 Å². The molecule has 1 atom stereocenters. The second-order valence-corrected chi connectivity index (χ2v) is 9.00. The standard InChI is InChI=1S/C19H18N4O3S/c1-13-6-7-16-17(21-13)19(2)12-22(8-9-23(19)18(16)24)27(25,26)15-5-3-4-14(10-15)11-20/h3-7,10H,8-9,12H2,1-2H3. The Kier molecular flexibility index (Phi) is 3.84. The highest BCUT2D eigenvalue weighted by Crippen LogP contribution is 2.41. The number of carbonyl (C=O) groups is 1. The van der Waals surface area contributed by atoms with E-state index in [-0.39, 0.29) is 23.9 Å². The second kappa shape index (κ2) is 5.87. The predicted molar refractivity (Wildman–Crippen MR) is 97.3 cm³/mol. The van der Waals surface area contributed by atoms with E-state index in [1.165, 1.54) is 16.4 Å². The molecular formula is C19H18N4O3S. The first-order valence-corrected chi connectivity index (χ1v) is 10.0. The number of hydrogen-bond donors (Lipinski definition) is 0. The number of aryl methyl sites for hydroxylation is 1. The van der Waals surface area contributed by atoms with Crippen LogP contribution in [0.3, 0.4) is 0 Å². The summed E-state index contributed by atoms with van der Waals surface area (Å²) in [4.78, 5) is 19.1. The number of aromatic nitrogens is 1. The zero-order valence-corrected chi connectivity index (χ0v) is 15.8. The van der Waals surface area contributed by atoms with Crippen molar-refractivity contribution < 1.29 is 13.2 Å². The summed E-state index contributed by atoms with van der Waals surface area (Å²) in [6.07, 6.45) is 0. The topological polar surface area (TPSA) is 94.4 Å². The van der Waals surface area contributed by atoms with Gasteiger partial charge in [0.15, 0.2) is 0 Å². The Morgan fingerprint density at radius 1 is 1.22 bits per heavy atom. The SMILES string of the molecule is Cc1ccc2c(n1)C1(C)CN(S(=O)(=O)c3cccc(C#N)c3)CCN1C2=O. The van der Waals surface area contributed by atoms with Crippen LogP contribution in [0, 0.1) is 18.3 Å². The Hall–Kier alpha value is -2.76. The number of nitriles is 1. The van der Waals surface area contributed by atoms with Crippen LogP contribution < -0.4 is 0 Å². The van der Waals surface area contributed by atoms with Crippen molar-refractivity contribution in [2.75, 3.05) is 19.6 Å². The van der Waals surface area contributed by atoms with Gasteiger partial charge in [0.1, 0.15) is 0 Å². The molecule has 2 aromatic rings. The maximum atomic E-state index is 13.1. The lowest BCUT2D eigenvalue weighted by atomic mass is 9.95. The summed E-state index contributed by atoms with van der Waals surface area (Å²) in [6, 6.07) is 11.5. The fourth-order valence-electron chi connectivity index (χ4n) is 3.86. The van der Waals surface area contributed by atoms with Crippen molar-refractivity contribution >= 4 is 15.9 Å². The van der Waals surface area contributed by atoms with Crippen molar-refractivity contribution in [1.29, 1.82) is 5.26 Å². The molecule has 27 heavy (non-hydrogen) atoms. The quantitative estimate of drug-likeness (QED) is 0.787. The molecule has 1 aromatic carbocycles. The fourth-order valence-corrected chi connectivity index (χ4v) is 5.43. The van der Waals surface area contributed by atoms with Gasteiger partial charge in [-0.05, 0) is 44.2 Å². The van der Waals surface area contributed by atoms with E-state index >= 15 is 0 Å². The number of carbonyl (C=O) groups excluding carboxylic acids is 1. The van der Waals surface area contributed by atoms with Crippen LogP contribution in [0.2, 0.25) is 0 Å². The first-order valence-electron chi connectivity index (χ1n) is 8.58. The van der Waals surface area contributed by atoms with Crippen LogP contribution in [0.4, 0.5) is 0 Å². The summed E-state index contributed by atoms with van der Waals surface area (Å²) in [5.74, 6) is -0.108. The molecule has 1 fully saturated rings. The summed E-state index contributed by atoms with van der Waals surface area (Å²) < 4.78 is 27.7. The monoisotopic (exact) mass is 382 g/mol. The van der Waals surface area contributed by atoms with Crippen molar-refractivity contribution in [3.63, 3.8) is 0 Å². The summed E-state index contributed by atoms with van der Waals surface area (Å²) in [5.41, 5.74) is 1.43. The molecular weight excluding hydrogens is 364 g/mol. The van der Waals surface area contributed by atoms with Crippen LogP contribution in [0.15, 0.2) is 41.3 Å². The van der Waals surface area contributed by atoms with Crippen molar-refractivity contribution in [2.45, 2.75) is 24.3 Å². The molecule has 7 nitrogen and oxygen atoms in total. The molecule has 4 rings (SSSR count). The fraction of sp³-hybridized carbons (Fsp3) is 0.316. The normalized spacial score (nSPS) is 22.3. The lowest BCUT2D eigenvalue weighted by Crippen LogP contribution is -2.58. The Balaban J connectivity index is 1.75. The van der Waals surface area contributed by atoms with E-state index in [0.29, 0.717) is 23.4 Å². The minimum atomic E-state index is -3.79. The van der Waals surface area contributed by atoms with Gasteiger partial charge in [0.25, 0.3) is 5.91 Å². The van der Waals surface area contributed by atoms with Crippen molar-refractivity contribution in [3.8, 4) is 6.07 Å². The van der Waals surface area contributed by atoms with Crippen LogP contribution in [0.25, 0.3) is 0 Å². The molecule has 1 saturated heterocycles. The first kappa shape index (κ1) is 17.6. The molecule has 0 bridgehead atoms. The number of pyridine rings is 1. The maximum Gasteiger partial charge on any atom is 0.256 e. The number of sulfonamides is 1. The number of piperazine rings is 1. The van der Waals surface area contributed by atoms with Gasteiger partial charge in [-0.3, -0.25) is 9.78 Å². The average Bonchev–Trinajstić information content (AvgIpc) is 2.88. The highest BCUT2D eigenvalue weighted by Gasteiger charge is 2.52. The van der Waals surface area contributed by atoms with E-state index in [1.807, 2.05) is 19.9 Å². The zero-order chi connectivity index (χ0) is 19.4. The molecule has 0 radical (unpaired) electrons. The summed E-state index contributed by atoms with van der Waals surface area (Å²) >= 11 is 0. The number of nitrogens with zero attached hydrogens (tertiary/aromatic N) is 4. The van der Waals surface area contributed by atoms with E-state index in [4.69, 9.17) is 5.26 Å². The van der Waals surface area contributed by atoms with Crippen LogP contribution >= 0.6 is 0 Å². The molecule has 0 aliphatic carbocycles. The van der Waals surface area contributed by atoms with Gasteiger partial charge in [-0.15, -0.1) is 0 Å². The molecule has 2 aliphatic heterocycles.